The van der Waals surface area contributed by atoms with Gasteiger partial charge in [0.25, 0.3) is 0 Å². The zero-order valence-corrected chi connectivity index (χ0v) is 9.55. The maximum absolute atomic E-state index is 10.2. The van der Waals surface area contributed by atoms with E-state index in [1.165, 1.54) is 6.20 Å². The number of carboxylic acid groups (broad SMARTS) is 1. The number of hydrogen-bond acceptors (Lipinski definition) is 6. The van der Waals surface area contributed by atoms with Gasteiger partial charge in [0, 0.05) is 6.54 Å². The van der Waals surface area contributed by atoms with E-state index in [1.54, 1.807) is 6.20 Å². The number of nitrogens with one attached hydrogen (secondary N) is 1. The minimum Gasteiger partial charge on any atom is -0.480 e. The zero-order chi connectivity index (χ0) is 12.5. The molecule has 0 aliphatic carbocycles. The van der Waals surface area contributed by atoms with Gasteiger partial charge in [-0.1, -0.05) is 0 Å². The Kier molecular flexibility index (Phi) is 5.73. The summed E-state index contributed by atoms with van der Waals surface area (Å²) in [7, 11) is 0. The number of ether oxygens (including phenoxy) is 2. The predicted molar refractivity (Wildman–Crippen MR) is 60.1 cm³/mol. The molecule has 7 nitrogen and oxygen atoms in total. The second-order valence-corrected chi connectivity index (χ2v) is 3.05. The molecule has 0 spiro atoms. The maximum atomic E-state index is 10.2. The summed E-state index contributed by atoms with van der Waals surface area (Å²) >= 11 is 0. The average Bonchev–Trinajstić information content (AvgIpc) is 2.29. The number of aromatic nitrogens is 2. The van der Waals surface area contributed by atoms with Gasteiger partial charge in [-0.25, -0.2) is 4.79 Å². The number of rotatable bonds is 8. The van der Waals surface area contributed by atoms with Gasteiger partial charge in [0.05, 0.1) is 25.6 Å². The molecule has 0 aromatic carbocycles. The monoisotopic (exact) mass is 241 g/mol. The summed E-state index contributed by atoms with van der Waals surface area (Å²) in [6, 6.07) is 0. The summed E-state index contributed by atoms with van der Waals surface area (Å²) in [4.78, 5) is 18.2. The molecule has 2 N–H and O–H groups in total. The lowest BCUT2D eigenvalue weighted by Gasteiger charge is -2.06. The zero-order valence-electron chi connectivity index (χ0n) is 9.55. The van der Waals surface area contributed by atoms with Gasteiger partial charge < -0.3 is 19.9 Å². The first-order chi connectivity index (χ1) is 8.22. The van der Waals surface area contributed by atoms with Crippen LogP contribution in [0.15, 0.2) is 12.4 Å². The van der Waals surface area contributed by atoms with Crippen LogP contribution in [0, 0.1) is 0 Å². The van der Waals surface area contributed by atoms with Crippen molar-refractivity contribution >= 4 is 11.8 Å². The molecule has 0 amide bonds. The van der Waals surface area contributed by atoms with Crippen LogP contribution in [-0.4, -0.2) is 47.4 Å². The first-order valence-corrected chi connectivity index (χ1v) is 5.20. The minimum absolute atomic E-state index is 0.285. The first kappa shape index (κ1) is 13.2. The van der Waals surface area contributed by atoms with Crippen molar-refractivity contribution in [1.82, 2.24) is 9.97 Å². The van der Waals surface area contributed by atoms with Crippen LogP contribution in [0.4, 0.5) is 5.82 Å². The molecular formula is C10H15N3O4. The standard InChI is InChI=1S/C10H15N3O4/c1-2-17-9-6-11-5-8(13-9)12-3-4-16-7-10(14)15/h5-6H,2-4,7H2,1H3,(H,12,13)(H,14,15). The number of aliphatic carboxylic acids is 1. The van der Waals surface area contributed by atoms with Crippen molar-refractivity contribution in [3.8, 4) is 5.88 Å². The molecule has 94 valence electrons. The Bertz CT molecular complexity index is 359. The van der Waals surface area contributed by atoms with Crippen LogP contribution in [0.25, 0.3) is 0 Å². The Hall–Kier alpha value is -1.89. The fourth-order valence-electron chi connectivity index (χ4n) is 1.06. The van der Waals surface area contributed by atoms with Crippen LogP contribution in [0.2, 0.25) is 0 Å². The molecule has 1 aromatic rings. The number of anilines is 1. The molecule has 1 heterocycles. The lowest BCUT2D eigenvalue weighted by Crippen LogP contribution is -2.14. The third-order valence-corrected chi connectivity index (χ3v) is 1.68. The van der Waals surface area contributed by atoms with Gasteiger partial charge in [-0.15, -0.1) is 0 Å². The second-order valence-electron chi connectivity index (χ2n) is 3.05. The topological polar surface area (TPSA) is 93.6 Å². The van der Waals surface area contributed by atoms with Crippen molar-refractivity contribution < 1.29 is 19.4 Å². The van der Waals surface area contributed by atoms with Gasteiger partial charge in [-0.05, 0) is 6.92 Å². The van der Waals surface area contributed by atoms with Gasteiger partial charge in [0.1, 0.15) is 12.4 Å². The highest BCUT2D eigenvalue weighted by Gasteiger charge is 1.99. The lowest BCUT2D eigenvalue weighted by atomic mass is 10.6. The van der Waals surface area contributed by atoms with Crippen molar-refractivity contribution in [1.29, 1.82) is 0 Å². The highest BCUT2D eigenvalue weighted by atomic mass is 16.5. The smallest absolute Gasteiger partial charge is 0.329 e. The Morgan fingerprint density at radius 2 is 2.35 bits per heavy atom. The third-order valence-electron chi connectivity index (χ3n) is 1.68. The molecule has 0 fully saturated rings. The molecule has 0 aliphatic rings. The molecule has 17 heavy (non-hydrogen) atoms. The van der Waals surface area contributed by atoms with Crippen LogP contribution in [0.3, 0.4) is 0 Å². The Morgan fingerprint density at radius 1 is 1.53 bits per heavy atom. The van der Waals surface area contributed by atoms with E-state index in [2.05, 4.69) is 15.3 Å². The summed E-state index contributed by atoms with van der Waals surface area (Å²) in [6.07, 6.45) is 3.08. The lowest BCUT2D eigenvalue weighted by molar-refractivity contribution is -0.142. The Morgan fingerprint density at radius 3 is 3.06 bits per heavy atom. The summed E-state index contributed by atoms with van der Waals surface area (Å²) < 4.78 is 10.0. The Labute approximate surface area is 98.8 Å². The van der Waals surface area contributed by atoms with Gasteiger partial charge >= 0.3 is 5.97 Å². The predicted octanol–water partition coefficient (Wildman–Crippen LogP) is 0.388. The van der Waals surface area contributed by atoms with E-state index in [-0.39, 0.29) is 13.2 Å². The average molecular weight is 241 g/mol. The molecule has 1 rings (SSSR count). The van der Waals surface area contributed by atoms with Gasteiger partial charge in [-0.3, -0.25) is 4.98 Å². The van der Waals surface area contributed by atoms with Crippen LogP contribution < -0.4 is 10.1 Å². The van der Waals surface area contributed by atoms with Crippen LogP contribution in [-0.2, 0) is 9.53 Å². The van der Waals surface area contributed by atoms with Gasteiger partial charge in [0.2, 0.25) is 5.88 Å². The van der Waals surface area contributed by atoms with Crippen LogP contribution >= 0.6 is 0 Å². The highest BCUT2D eigenvalue weighted by Crippen LogP contribution is 2.08. The molecule has 0 unspecified atom stereocenters. The van der Waals surface area contributed by atoms with E-state index in [0.717, 1.165) is 0 Å². The van der Waals surface area contributed by atoms with Gasteiger partial charge in [-0.2, -0.15) is 4.98 Å². The molecule has 0 radical (unpaired) electrons. The summed E-state index contributed by atoms with van der Waals surface area (Å²) in [5, 5.41) is 11.3. The quantitative estimate of drug-likeness (QED) is 0.636. The Balaban J connectivity index is 2.26. The minimum atomic E-state index is -0.983. The van der Waals surface area contributed by atoms with Crippen LogP contribution in [0.1, 0.15) is 6.92 Å². The van der Waals surface area contributed by atoms with Crippen molar-refractivity contribution in [2.24, 2.45) is 0 Å². The van der Waals surface area contributed by atoms with Crippen LogP contribution in [0.5, 0.6) is 5.88 Å². The largest absolute Gasteiger partial charge is 0.480 e. The van der Waals surface area contributed by atoms with E-state index in [9.17, 15) is 4.79 Å². The molecule has 0 bridgehead atoms. The molecule has 0 atom stereocenters. The molecule has 0 saturated carbocycles. The van der Waals surface area contributed by atoms with E-state index in [1.807, 2.05) is 6.92 Å². The van der Waals surface area contributed by atoms with Crippen molar-refractivity contribution in [3.05, 3.63) is 12.4 Å². The maximum Gasteiger partial charge on any atom is 0.329 e. The normalized spacial score (nSPS) is 9.94. The SMILES string of the molecule is CCOc1cncc(NCCOCC(=O)O)n1. The van der Waals surface area contributed by atoms with Gasteiger partial charge in [0.15, 0.2) is 0 Å². The third kappa shape index (κ3) is 5.67. The fraction of sp³-hybridized carbons (Fsp3) is 0.500. The van der Waals surface area contributed by atoms with E-state index >= 15 is 0 Å². The number of hydrogen-bond donors (Lipinski definition) is 2. The number of nitrogens with zero attached hydrogens (tertiary/aromatic N) is 2. The molecule has 1 aromatic heterocycles. The fourth-order valence-corrected chi connectivity index (χ4v) is 1.06. The summed E-state index contributed by atoms with van der Waals surface area (Å²) in [5.74, 6) is 0.0296. The highest BCUT2D eigenvalue weighted by molar-refractivity contribution is 5.67. The van der Waals surface area contributed by atoms with E-state index in [0.29, 0.717) is 24.8 Å². The van der Waals surface area contributed by atoms with Crippen molar-refractivity contribution in [2.45, 2.75) is 6.92 Å². The molecular weight excluding hydrogens is 226 g/mol. The second kappa shape index (κ2) is 7.39. The van der Waals surface area contributed by atoms with E-state index < -0.39 is 5.97 Å². The summed E-state index contributed by atoms with van der Waals surface area (Å²) in [6.45, 7) is 2.83. The summed E-state index contributed by atoms with van der Waals surface area (Å²) in [5.41, 5.74) is 0. The van der Waals surface area contributed by atoms with E-state index in [4.69, 9.17) is 14.6 Å². The van der Waals surface area contributed by atoms with Crippen molar-refractivity contribution in [2.75, 3.05) is 31.7 Å². The first-order valence-electron chi connectivity index (χ1n) is 5.20. The molecule has 7 heteroatoms. The van der Waals surface area contributed by atoms with Crippen molar-refractivity contribution in [3.63, 3.8) is 0 Å². The molecule has 0 aliphatic heterocycles. The molecule has 0 saturated heterocycles. The number of carboxylic acids is 1. The number of carbonyl (C=O) groups is 1.